The Balaban J connectivity index is 4.91. The van der Waals surface area contributed by atoms with Crippen LogP contribution in [0.2, 0.25) is 0 Å². The molecule has 0 N–H and O–H groups in total. The Hall–Kier alpha value is 0.380. The number of nitrogens with zero attached hydrogens (tertiary/aromatic N) is 1. The summed E-state index contributed by atoms with van der Waals surface area (Å²) in [7, 11) is -3.99. The molecule has 0 bridgehead atoms. The minimum absolute atomic E-state index is 0.0162. The smallest absolute Gasteiger partial charge is 0.287 e. The van der Waals surface area contributed by atoms with Crippen molar-refractivity contribution in [3.05, 3.63) is 10.1 Å². The fourth-order valence-corrected chi connectivity index (χ4v) is 2.79. The van der Waals surface area contributed by atoms with Gasteiger partial charge < -0.3 is 0 Å². The maximum absolute atomic E-state index is 12.0. The van der Waals surface area contributed by atoms with E-state index in [-0.39, 0.29) is 13.2 Å². The third-order valence-corrected chi connectivity index (χ3v) is 3.90. The number of halogens is 3. The molecule has 1 atom stereocenters. The van der Waals surface area contributed by atoms with Crippen LogP contribution < -0.4 is 0 Å². The van der Waals surface area contributed by atoms with Gasteiger partial charge in [-0.15, -0.1) is 0 Å². The van der Waals surface area contributed by atoms with Crippen LogP contribution >= 0.6 is 42.6 Å². The molecule has 0 aromatic carbocycles. The largest absolute Gasteiger partial charge is 0.475 e. The van der Waals surface area contributed by atoms with Crippen molar-refractivity contribution >= 4 is 42.6 Å². The molecule has 0 aromatic rings. The van der Waals surface area contributed by atoms with E-state index in [9.17, 15) is 14.7 Å². The standard InChI is InChI=1S/C7H13Cl3NO6P/c1-3-15-18(14,16-4-2)17-6(5-11(12)13)7(8,9)10/h6H,3-5H2,1-2H3. The number of phosphoric acid groups is 1. The molecule has 0 aliphatic heterocycles. The van der Waals surface area contributed by atoms with Gasteiger partial charge in [0, 0.05) is 4.92 Å². The zero-order chi connectivity index (χ0) is 14.4. The Morgan fingerprint density at radius 3 is 2.00 bits per heavy atom. The van der Waals surface area contributed by atoms with Crippen LogP contribution in [-0.4, -0.2) is 34.6 Å². The topological polar surface area (TPSA) is 87.9 Å². The molecule has 0 amide bonds. The monoisotopic (exact) mass is 343 g/mol. The van der Waals surface area contributed by atoms with Crippen LogP contribution in [0.25, 0.3) is 0 Å². The van der Waals surface area contributed by atoms with Crippen molar-refractivity contribution in [3.8, 4) is 0 Å². The summed E-state index contributed by atoms with van der Waals surface area (Å²) in [6, 6.07) is 0. The van der Waals surface area contributed by atoms with E-state index in [0.29, 0.717) is 0 Å². The molecule has 0 aromatic heterocycles. The second-order valence-corrected chi connectivity index (χ2v) is 6.92. The second-order valence-electron chi connectivity index (χ2n) is 2.93. The Bertz CT molecular complexity index is 313. The minimum Gasteiger partial charge on any atom is -0.287 e. The first kappa shape index (κ1) is 18.4. The molecule has 0 aliphatic rings. The molecule has 0 radical (unpaired) electrons. The van der Waals surface area contributed by atoms with Crippen LogP contribution in [0.3, 0.4) is 0 Å². The Kier molecular flexibility index (Phi) is 8.01. The van der Waals surface area contributed by atoms with Crippen LogP contribution in [0.4, 0.5) is 0 Å². The van der Waals surface area contributed by atoms with Gasteiger partial charge in [-0.25, -0.2) is 4.57 Å². The molecule has 0 aliphatic carbocycles. The van der Waals surface area contributed by atoms with Gasteiger partial charge in [0.15, 0.2) is 6.10 Å². The normalized spacial score (nSPS) is 14.5. The molecule has 0 spiro atoms. The van der Waals surface area contributed by atoms with Gasteiger partial charge in [-0.1, -0.05) is 34.8 Å². The summed E-state index contributed by atoms with van der Waals surface area (Å²) in [6.07, 6.45) is -1.55. The van der Waals surface area contributed by atoms with E-state index in [4.69, 9.17) is 48.4 Å². The molecule has 0 saturated carbocycles. The molecule has 11 heteroatoms. The van der Waals surface area contributed by atoms with Gasteiger partial charge in [0.1, 0.15) is 0 Å². The third-order valence-electron chi connectivity index (χ3n) is 1.51. The van der Waals surface area contributed by atoms with E-state index < -0.39 is 29.2 Å². The lowest BCUT2D eigenvalue weighted by Crippen LogP contribution is -2.35. The van der Waals surface area contributed by atoms with Crippen LogP contribution in [0.5, 0.6) is 0 Å². The summed E-state index contributed by atoms with van der Waals surface area (Å²) in [6.45, 7) is 2.28. The molecular weight excluding hydrogens is 331 g/mol. The highest BCUT2D eigenvalue weighted by molar-refractivity contribution is 7.48. The number of hydrogen-bond acceptors (Lipinski definition) is 6. The van der Waals surface area contributed by atoms with E-state index in [1.807, 2.05) is 0 Å². The van der Waals surface area contributed by atoms with Gasteiger partial charge in [0.2, 0.25) is 10.3 Å². The first-order valence-corrected chi connectivity index (χ1v) is 7.50. The molecule has 18 heavy (non-hydrogen) atoms. The number of phosphoric ester groups is 1. The number of alkyl halides is 3. The van der Waals surface area contributed by atoms with Crippen molar-refractivity contribution in [2.45, 2.75) is 23.7 Å². The summed E-state index contributed by atoms with van der Waals surface area (Å²) in [4.78, 5) is 9.68. The maximum atomic E-state index is 12.0. The molecule has 0 rings (SSSR count). The molecular formula is C7H13Cl3NO6P. The molecule has 0 fully saturated rings. The molecule has 108 valence electrons. The lowest BCUT2D eigenvalue weighted by atomic mass is 10.4. The summed E-state index contributed by atoms with van der Waals surface area (Å²) in [5.41, 5.74) is 0. The van der Waals surface area contributed by atoms with E-state index in [1.54, 1.807) is 13.8 Å². The Morgan fingerprint density at radius 1 is 1.28 bits per heavy atom. The molecule has 0 saturated heterocycles. The van der Waals surface area contributed by atoms with Crippen LogP contribution in [-0.2, 0) is 18.1 Å². The van der Waals surface area contributed by atoms with Crippen molar-refractivity contribution in [1.82, 2.24) is 0 Å². The predicted molar refractivity (Wildman–Crippen MR) is 67.9 cm³/mol. The number of nitro groups is 1. The van der Waals surface area contributed by atoms with Gasteiger partial charge in [-0.3, -0.25) is 23.7 Å². The van der Waals surface area contributed by atoms with Gasteiger partial charge in [0.05, 0.1) is 13.2 Å². The molecule has 7 nitrogen and oxygen atoms in total. The van der Waals surface area contributed by atoms with Crippen molar-refractivity contribution < 1.29 is 23.1 Å². The van der Waals surface area contributed by atoms with Crippen LogP contribution in [0, 0.1) is 10.1 Å². The fraction of sp³-hybridized carbons (Fsp3) is 1.00. The lowest BCUT2D eigenvalue weighted by molar-refractivity contribution is -0.489. The fourth-order valence-electron chi connectivity index (χ4n) is 0.902. The van der Waals surface area contributed by atoms with Gasteiger partial charge >= 0.3 is 7.82 Å². The minimum atomic E-state index is -3.99. The highest BCUT2D eigenvalue weighted by Crippen LogP contribution is 2.53. The zero-order valence-electron chi connectivity index (χ0n) is 9.68. The SMILES string of the molecule is CCOP(=O)(OCC)OC(C[N+](=O)[O-])C(Cl)(Cl)Cl. The summed E-state index contributed by atoms with van der Waals surface area (Å²) in [5, 5.41) is 10.4. The second kappa shape index (κ2) is 7.85. The first-order valence-electron chi connectivity index (χ1n) is 4.90. The van der Waals surface area contributed by atoms with Gasteiger partial charge in [-0.05, 0) is 13.8 Å². The Labute approximate surface area is 119 Å². The van der Waals surface area contributed by atoms with E-state index >= 15 is 0 Å². The van der Waals surface area contributed by atoms with Gasteiger partial charge in [-0.2, -0.15) is 0 Å². The van der Waals surface area contributed by atoms with Crippen LogP contribution in [0.15, 0.2) is 0 Å². The van der Waals surface area contributed by atoms with Crippen molar-refractivity contribution in [2.75, 3.05) is 19.8 Å². The molecule has 1 unspecified atom stereocenters. The van der Waals surface area contributed by atoms with Crippen molar-refractivity contribution in [2.24, 2.45) is 0 Å². The predicted octanol–water partition coefficient (Wildman–Crippen LogP) is 3.20. The Morgan fingerprint density at radius 2 is 1.72 bits per heavy atom. The van der Waals surface area contributed by atoms with Gasteiger partial charge in [0.25, 0.3) is 0 Å². The van der Waals surface area contributed by atoms with Crippen molar-refractivity contribution in [1.29, 1.82) is 0 Å². The van der Waals surface area contributed by atoms with E-state index in [1.165, 1.54) is 0 Å². The average Bonchev–Trinajstić information content (AvgIpc) is 2.14. The molecule has 0 heterocycles. The summed E-state index contributed by atoms with van der Waals surface area (Å²) >= 11 is 16.6. The summed E-state index contributed by atoms with van der Waals surface area (Å²) < 4.78 is 24.3. The summed E-state index contributed by atoms with van der Waals surface area (Å²) in [5.74, 6) is 0. The lowest BCUT2D eigenvalue weighted by Gasteiger charge is -2.25. The zero-order valence-corrected chi connectivity index (χ0v) is 12.8. The van der Waals surface area contributed by atoms with E-state index in [0.717, 1.165) is 0 Å². The van der Waals surface area contributed by atoms with E-state index in [2.05, 4.69) is 0 Å². The quantitative estimate of drug-likeness (QED) is 0.291. The van der Waals surface area contributed by atoms with Crippen molar-refractivity contribution in [3.63, 3.8) is 0 Å². The van der Waals surface area contributed by atoms with Crippen LogP contribution in [0.1, 0.15) is 13.8 Å². The number of hydrogen-bond donors (Lipinski definition) is 0. The average molecular weight is 345 g/mol. The first-order chi connectivity index (χ1) is 8.14. The third kappa shape index (κ3) is 7.09. The number of rotatable bonds is 8. The maximum Gasteiger partial charge on any atom is 0.475 e. The highest BCUT2D eigenvalue weighted by atomic mass is 35.6. The highest BCUT2D eigenvalue weighted by Gasteiger charge is 2.44.